The maximum atomic E-state index is 12.7. The van der Waals surface area contributed by atoms with Crippen LogP contribution in [-0.2, 0) is 28.6 Å². The maximum Gasteiger partial charge on any atom is 0.306 e. The molecule has 0 aromatic heterocycles. The third-order valence-electron chi connectivity index (χ3n) is 10.4. The predicted molar refractivity (Wildman–Crippen MR) is 256 cm³/mol. The van der Waals surface area contributed by atoms with E-state index in [1.165, 1.54) is 103 Å². The Morgan fingerprint density at radius 1 is 0.350 bits per heavy atom. The van der Waals surface area contributed by atoms with Crippen molar-refractivity contribution in [1.82, 2.24) is 0 Å². The van der Waals surface area contributed by atoms with Gasteiger partial charge in [0.1, 0.15) is 13.2 Å². The molecule has 0 aliphatic heterocycles. The average molecular weight is 837 g/mol. The fourth-order valence-electron chi connectivity index (χ4n) is 6.60. The smallest absolute Gasteiger partial charge is 0.306 e. The summed E-state index contributed by atoms with van der Waals surface area (Å²) in [5.74, 6) is -1.01. The summed E-state index contributed by atoms with van der Waals surface area (Å²) in [7, 11) is 0. The average Bonchev–Trinajstić information content (AvgIpc) is 3.24. The Bertz CT molecular complexity index is 1140. The molecule has 0 amide bonds. The summed E-state index contributed by atoms with van der Waals surface area (Å²) in [4.78, 5) is 37.8. The third-order valence-corrected chi connectivity index (χ3v) is 10.4. The minimum Gasteiger partial charge on any atom is -0.462 e. The number of esters is 3. The highest BCUT2D eigenvalue weighted by molar-refractivity contribution is 5.71. The van der Waals surface area contributed by atoms with Gasteiger partial charge in [0, 0.05) is 19.3 Å². The van der Waals surface area contributed by atoms with Crippen molar-refractivity contribution in [2.45, 2.75) is 239 Å². The number of hydrogen-bond acceptors (Lipinski definition) is 6. The van der Waals surface area contributed by atoms with Gasteiger partial charge >= 0.3 is 17.9 Å². The summed E-state index contributed by atoms with van der Waals surface area (Å²) < 4.78 is 16.7. The molecular formula is C54H92O6. The fraction of sp³-hybridized carbons (Fsp3) is 0.722. The van der Waals surface area contributed by atoms with Gasteiger partial charge in [0.2, 0.25) is 0 Å². The molecule has 0 aromatic carbocycles. The van der Waals surface area contributed by atoms with Gasteiger partial charge in [-0.1, -0.05) is 190 Å². The molecule has 0 N–H and O–H groups in total. The van der Waals surface area contributed by atoms with E-state index in [0.29, 0.717) is 19.3 Å². The van der Waals surface area contributed by atoms with E-state index in [2.05, 4.69) is 93.7 Å². The minimum atomic E-state index is -0.812. The topological polar surface area (TPSA) is 78.9 Å². The monoisotopic (exact) mass is 837 g/mol. The lowest BCUT2D eigenvalue weighted by Gasteiger charge is -2.18. The zero-order chi connectivity index (χ0) is 43.7. The number of ether oxygens (including phenoxy) is 3. The maximum absolute atomic E-state index is 12.7. The molecule has 6 nitrogen and oxygen atoms in total. The first-order chi connectivity index (χ1) is 29.5. The van der Waals surface area contributed by atoms with Gasteiger partial charge in [-0.15, -0.1) is 0 Å². The first-order valence-electron chi connectivity index (χ1n) is 25.0. The Balaban J connectivity index is 4.50. The van der Waals surface area contributed by atoms with E-state index in [1.54, 1.807) is 0 Å². The molecule has 0 saturated carbocycles. The van der Waals surface area contributed by atoms with Gasteiger partial charge in [-0.05, 0) is 96.3 Å². The van der Waals surface area contributed by atoms with Crippen molar-refractivity contribution in [2.24, 2.45) is 0 Å². The molecule has 6 heteroatoms. The molecule has 0 saturated heterocycles. The number of rotatable bonds is 44. The highest BCUT2D eigenvalue weighted by atomic mass is 16.6. The van der Waals surface area contributed by atoms with Gasteiger partial charge in [0.15, 0.2) is 6.10 Å². The van der Waals surface area contributed by atoms with Crippen molar-refractivity contribution in [2.75, 3.05) is 13.2 Å². The zero-order valence-corrected chi connectivity index (χ0v) is 39.2. The Kier molecular flexibility index (Phi) is 46.0. The van der Waals surface area contributed by atoms with E-state index < -0.39 is 6.10 Å². The molecule has 0 fully saturated rings. The molecule has 1 atom stereocenters. The van der Waals surface area contributed by atoms with Gasteiger partial charge in [-0.2, -0.15) is 0 Å². The van der Waals surface area contributed by atoms with Crippen LogP contribution in [0.4, 0.5) is 0 Å². The van der Waals surface area contributed by atoms with Crippen LogP contribution < -0.4 is 0 Å². The normalized spacial score (nSPS) is 12.7. The van der Waals surface area contributed by atoms with E-state index in [-0.39, 0.29) is 37.5 Å². The van der Waals surface area contributed by atoms with Crippen molar-refractivity contribution in [3.05, 3.63) is 72.9 Å². The molecule has 0 aromatic rings. The van der Waals surface area contributed by atoms with Gasteiger partial charge in [0.25, 0.3) is 0 Å². The number of hydrogen-bond donors (Lipinski definition) is 0. The van der Waals surface area contributed by atoms with E-state index in [1.807, 2.05) is 0 Å². The number of unbranched alkanes of at least 4 members (excludes halogenated alkanes) is 22. The first kappa shape index (κ1) is 56.9. The highest BCUT2D eigenvalue weighted by Gasteiger charge is 2.19. The quantitative estimate of drug-likeness (QED) is 0.0200. The summed E-state index contributed by atoms with van der Waals surface area (Å²) in [5.41, 5.74) is 0. The number of carbonyl (C=O) groups excluding carboxylic acids is 3. The zero-order valence-electron chi connectivity index (χ0n) is 39.2. The standard InChI is InChI=1S/C54H92O6/c1-4-7-10-13-16-19-22-24-26-27-28-30-32-35-38-41-44-47-53(56)59-50-51(49-58-52(55)46-43-40-37-34-31-21-18-15-12-9-6-3)60-54(57)48-45-42-39-36-33-29-25-23-20-17-14-11-8-5-2/h15,18,21,24,26,28-31,33,35,38,51H,4-14,16-17,19-20,22-23,25,27,32,34,36-37,39-50H2,1-3H3/b18-15-,26-24-,30-28-,31-21-,33-29-,38-35-. The Labute approximate surface area is 370 Å². The summed E-state index contributed by atoms with van der Waals surface area (Å²) in [5, 5.41) is 0. The minimum absolute atomic E-state index is 0.111. The summed E-state index contributed by atoms with van der Waals surface area (Å²) >= 11 is 0. The molecule has 0 rings (SSSR count). The van der Waals surface area contributed by atoms with Gasteiger partial charge in [-0.3, -0.25) is 14.4 Å². The van der Waals surface area contributed by atoms with Crippen LogP contribution in [0, 0.1) is 0 Å². The summed E-state index contributed by atoms with van der Waals surface area (Å²) in [6, 6.07) is 0. The molecule has 0 radical (unpaired) electrons. The molecule has 0 heterocycles. The Morgan fingerprint density at radius 2 is 0.683 bits per heavy atom. The molecule has 60 heavy (non-hydrogen) atoms. The van der Waals surface area contributed by atoms with Gasteiger partial charge in [-0.25, -0.2) is 0 Å². The van der Waals surface area contributed by atoms with Gasteiger partial charge in [0.05, 0.1) is 0 Å². The molecular weight excluding hydrogens is 745 g/mol. The van der Waals surface area contributed by atoms with Crippen molar-refractivity contribution in [1.29, 1.82) is 0 Å². The van der Waals surface area contributed by atoms with Crippen LogP contribution >= 0.6 is 0 Å². The molecule has 1 unspecified atom stereocenters. The molecule has 344 valence electrons. The number of allylic oxidation sites excluding steroid dienone is 12. The van der Waals surface area contributed by atoms with E-state index in [0.717, 1.165) is 83.5 Å². The largest absolute Gasteiger partial charge is 0.462 e. The van der Waals surface area contributed by atoms with E-state index >= 15 is 0 Å². The van der Waals surface area contributed by atoms with Gasteiger partial charge < -0.3 is 14.2 Å². The van der Waals surface area contributed by atoms with Crippen LogP contribution in [0.15, 0.2) is 72.9 Å². The second kappa shape index (κ2) is 48.5. The predicted octanol–water partition coefficient (Wildman–Crippen LogP) is 16.3. The van der Waals surface area contributed by atoms with Crippen molar-refractivity contribution >= 4 is 17.9 Å². The molecule has 0 aliphatic carbocycles. The van der Waals surface area contributed by atoms with E-state index in [9.17, 15) is 14.4 Å². The van der Waals surface area contributed by atoms with Crippen LogP contribution in [0.1, 0.15) is 233 Å². The van der Waals surface area contributed by atoms with Crippen LogP contribution in [0.2, 0.25) is 0 Å². The van der Waals surface area contributed by atoms with Crippen LogP contribution in [-0.4, -0.2) is 37.2 Å². The highest BCUT2D eigenvalue weighted by Crippen LogP contribution is 2.12. The summed E-state index contributed by atoms with van der Waals surface area (Å²) in [6.45, 7) is 6.48. The van der Waals surface area contributed by atoms with Crippen LogP contribution in [0.5, 0.6) is 0 Å². The second-order valence-electron chi connectivity index (χ2n) is 16.4. The molecule has 0 aliphatic rings. The molecule has 0 bridgehead atoms. The van der Waals surface area contributed by atoms with E-state index in [4.69, 9.17) is 14.2 Å². The van der Waals surface area contributed by atoms with Crippen molar-refractivity contribution in [3.63, 3.8) is 0 Å². The lowest BCUT2D eigenvalue weighted by atomic mass is 10.1. The first-order valence-corrected chi connectivity index (χ1v) is 25.0. The Morgan fingerprint density at radius 3 is 1.17 bits per heavy atom. The SMILES string of the molecule is CCCC/C=C\C=C/CCCCCC(=O)OCC(COC(=O)CCC/C=C\C/C=C\C/C=C\CCCCCCCC)OC(=O)CCCCC/C=C\CCCCCCCCC. The van der Waals surface area contributed by atoms with Crippen LogP contribution in [0.25, 0.3) is 0 Å². The third kappa shape index (κ3) is 45.9. The number of carbonyl (C=O) groups is 3. The van der Waals surface area contributed by atoms with Crippen molar-refractivity contribution in [3.8, 4) is 0 Å². The Hall–Kier alpha value is -3.15. The van der Waals surface area contributed by atoms with Crippen LogP contribution in [0.3, 0.4) is 0 Å². The summed E-state index contributed by atoms with van der Waals surface area (Å²) in [6.07, 6.45) is 60.4. The second-order valence-corrected chi connectivity index (χ2v) is 16.4. The molecule has 0 spiro atoms. The van der Waals surface area contributed by atoms with Crippen molar-refractivity contribution < 1.29 is 28.6 Å². The lowest BCUT2D eigenvalue weighted by Crippen LogP contribution is -2.30. The fourth-order valence-corrected chi connectivity index (χ4v) is 6.60. The lowest BCUT2D eigenvalue weighted by molar-refractivity contribution is -0.167.